The van der Waals surface area contributed by atoms with E-state index in [1.54, 1.807) is 30.3 Å². The van der Waals surface area contributed by atoms with Gasteiger partial charge in [-0.3, -0.25) is 4.79 Å². The third kappa shape index (κ3) is 5.76. The maximum atomic E-state index is 13.2. The maximum Gasteiger partial charge on any atom is 0.281 e. The molecule has 2 aromatic carbocycles. The standard InChI is InChI=1S/C27H26N4O5S/c1-16-13-17(2)25(18(3)14-16)36-27-21(11-12-22(29-27)20-9-7-19(15-32)8-10-20)26(33)31-37(34,35)24-6-4-5-23(28)30-24/h4-14,32H,15H2,1-3H3,(H2,28,30)(H,31,33). The number of nitrogen functional groups attached to an aromatic ring is 1. The van der Waals surface area contributed by atoms with Crippen molar-refractivity contribution in [3.8, 4) is 22.9 Å². The van der Waals surface area contributed by atoms with E-state index in [4.69, 9.17) is 10.5 Å². The number of anilines is 1. The molecular formula is C27H26N4O5S. The Bertz CT molecular complexity index is 1560. The Morgan fingerprint density at radius 2 is 1.65 bits per heavy atom. The minimum Gasteiger partial charge on any atom is -0.438 e. The van der Waals surface area contributed by atoms with Crippen molar-refractivity contribution in [1.82, 2.24) is 14.7 Å². The van der Waals surface area contributed by atoms with E-state index in [9.17, 15) is 18.3 Å². The molecular weight excluding hydrogens is 492 g/mol. The number of aryl methyl sites for hydroxylation is 3. The van der Waals surface area contributed by atoms with Crippen molar-refractivity contribution in [1.29, 1.82) is 0 Å². The van der Waals surface area contributed by atoms with Crippen LogP contribution in [0.15, 0.2) is 71.8 Å². The summed E-state index contributed by atoms with van der Waals surface area (Å²) in [6.45, 7) is 5.63. The zero-order valence-electron chi connectivity index (χ0n) is 20.5. The lowest BCUT2D eigenvalue weighted by Crippen LogP contribution is -2.31. The fourth-order valence-electron chi connectivity index (χ4n) is 3.87. The molecule has 0 aliphatic rings. The summed E-state index contributed by atoms with van der Waals surface area (Å²) >= 11 is 0. The number of ether oxygens (including phenoxy) is 1. The lowest BCUT2D eigenvalue weighted by atomic mass is 10.1. The average molecular weight is 519 g/mol. The van der Waals surface area contributed by atoms with Gasteiger partial charge in [-0.25, -0.2) is 14.7 Å². The highest BCUT2D eigenvalue weighted by Crippen LogP contribution is 2.32. The molecule has 0 aliphatic heterocycles. The Morgan fingerprint density at radius 1 is 0.973 bits per heavy atom. The zero-order valence-corrected chi connectivity index (χ0v) is 21.3. The van der Waals surface area contributed by atoms with Crippen LogP contribution in [0.2, 0.25) is 0 Å². The predicted octanol–water partition coefficient (Wildman–Crippen LogP) is 4.05. The van der Waals surface area contributed by atoms with Gasteiger partial charge < -0.3 is 15.6 Å². The summed E-state index contributed by atoms with van der Waals surface area (Å²) in [4.78, 5) is 21.5. The van der Waals surface area contributed by atoms with Crippen LogP contribution in [0.1, 0.15) is 32.6 Å². The van der Waals surface area contributed by atoms with Crippen molar-refractivity contribution in [2.45, 2.75) is 32.4 Å². The topological polar surface area (TPSA) is 144 Å². The summed E-state index contributed by atoms with van der Waals surface area (Å²) in [6.07, 6.45) is 0. The monoisotopic (exact) mass is 518 g/mol. The van der Waals surface area contributed by atoms with Crippen molar-refractivity contribution in [3.05, 3.63) is 94.5 Å². The lowest BCUT2D eigenvalue weighted by Gasteiger charge is -2.16. The number of carbonyl (C=O) groups excluding carboxylic acids is 1. The number of hydrogen-bond donors (Lipinski definition) is 3. The number of nitrogens with two attached hydrogens (primary N) is 1. The van der Waals surface area contributed by atoms with E-state index in [1.165, 1.54) is 24.3 Å². The fraction of sp³-hybridized carbons (Fsp3) is 0.148. The van der Waals surface area contributed by atoms with Crippen LogP contribution < -0.4 is 15.2 Å². The van der Waals surface area contributed by atoms with E-state index in [-0.39, 0.29) is 28.9 Å². The Morgan fingerprint density at radius 3 is 2.27 bits per heavy atom. The minimum absolute atomic E-state index is 0.00269. The molecule has 0 atom stereocenters. The maximum absolute atomic E-state index is 13.2. The number of aromatic nitrogens is 2. The molecule has 2 aromatic heterocycles. The molecule has 0 unspecified atom stereocenters. The molecule has 0 spiro atoms. The highest BCUT2D eigenvalue weighted by atomic mass is 32.2. The third-order valence-electron chi connectivity index (χ3n) is 5.59. The van der Waals surface area contributed by atoms with Gasteiger partial charge in [-0.05, 0) is 61.7 Å². The molecule has 0 saturated heterocycles. The SMILES string of the molecule is Cc1cc(C)c(Oc2nc(-c3ccc(CO)cc3)ccc2C(=O)NS(=O)(=O)c2cccc(N)n2)c(C)c1. The summed E-state index contributed by atoms with van der Waals surface area (Å²) in [7, 11) is -4.31. The third-order valence-corrected chi connectivity index (χ3v) is 6.82. The number of aliphatic hydroxyl groups excluding tert-OH is 1. The van der Waals surface area contributed by atoms with Crippen molar-refractivity contribution in [3.63, 3.8) is 0 Å². The molecule has 0 radical (unpaired) electrons. The number of nitrogens with one attached hydrogen (secondary N) is 1. The Balaban J connectivity index is 1.77. The molecule has 9 nitrogen and oxygen atoms in total. The van der Waals surface area contributed by atoms with Gasteiger partial charge in [-0.15, -0.1) is 0 Å². The Labute approximate surface area is 215 Å². The zero-order chi connectivity index (χ0) is 26.7. The van der Waals surface area contributed by atoms with Gasteiger partial charge in [-0.1, -0.05) is 48.0 Å². The van der Waals surface area contributed by atoms with E-state index < -0.39 is 15.9 Å². The van der Waals surface area contributed by atoms with Gasteiger partial charge in [0.15, 0.2) is 5.03 Å². The first-order valence-corrected chi connectivity index (χ1v) is 12.8. The van der Waals surface area contributed by atoms with E-state index in [2.05, 4.69) is 9.97 Å². The number of amides is 1. The van der Waals surface area contributed by atoms with Crippen molar-refractivity contribution >= 4 is 21.7 Å². The van der Waals surface area contributed by atoms with Crippen LogP contribution in [-0.4, -0.2) is 29.4 Å². The first kappa shape index (κ1) is 25.8. The van der Waals surface area contributed by atoms with Crippen molar-refractivity contribution in [2.24, 2.45) is 0 Å². The van der Waals surface area contributed by atoms with Gasteiger partial charge in [0.2, 0.25) is 5.88 Å². The molecule has 10 heteroatoms. The predicted molar refractivity (Wildman–Crippen MR) is 140 cm³/mol. The van der Waals surface area contributed by atoms with Gasteiger partial charge >= 0.3 is 0 Å². The largest absolute Gasteiger partial charge is 0.438 e. The Hall–Kier alpha value is -4.28. The number of aliphatic hydroxyl groups is 1. The summed E-state index contributed by atoms with van der Waals surface area (Å²) < 4.78 is 33.8. The number of rotatable bonds is 7. The van der Waals surface area contributed by atoms with Crippen LogP contribution >= 0.6 is 0 Å². The van der Waals surface area contributed by atoms with Gasteiger partial charge in [0, 0.05) is 5.56 Å². The molecule has 190 valence electrons. The average Bonchev–Trinajstić information content (AvgIpc) is 2.86. The molecule has 4 aromatic rings. The highest BCUT2D eigenvalue weighted by molar-refractivity contribution is 7.90. The van der Waals surface area contributed by atoms with Crippen LogP contribution in [-0.2, 0) is 16.6 Å². The van der Waals surface area contributed by atoms with Crippen LogP contribution in [0.4, 0.5) is 5.82 Å². The number of pyridine rings is 2. The second-order valence-corrected chi connectivity index (χ2v) is 10.2. The number of hydrogen-bond acceptors (Lipinski definition) is 8. The van der Waals surface area contributed by atoms with E-state index >= 15 is 0 Å². The van der Waals surface area contributed by atoms with E-state index in [0.29, 0.717) is 11.4 Å². The molecule has 37 heavy (non-hydrogen) atoms. The second-order valence-electron chi connectivity index (χ2n) is 8.57. The van der Waals surface area contributed by atoms with Crippen molar-refractivity contribution < 1.29 is 23.1 Å². The lowest BCUT2D eigenvalue weighted by molar-refractivity contribution is 0.0978. The summed E-state index contributed by atoms with van der Waals surface area (Å²) in [5, 5.41) is 8.94. The number of carbonyl (C=O) groups is 1. The van der Waals surface area contributed by atoms with E-state index in [0.717, 1.165) is 27.8 Å². The fourth-order valence-corrected chi connectivity index (χ4v) is 4.81. The van der Waals surface area contributed by atoms with Crippen LogP contribution in [0.3, 0.4) is 0 Å². The normalized spacial score (nSPS) is 11.2. The number of sulfonamides is 1. The summed E-state index contributed by atoms with van der Waals surface area (Å²) in [5.41, 5.74) is 10.2. The number of benzene rings is 2. The molecule has 0 saturated carbocycles. The second kappa shape index (κ2) is 10.4. The first-order chi connectivity index (χ1) is 17.6. The summed E-state index contributed by atoms with van der Waals surface area (Å²) in [6, 6.07) is 18.1. The summed E-state index contributed by atoms with van der Waals surface area (Å²) in [5.74, 6) is -0.480. The van der Waals surface area contributed by atoms with Gasteiger partial charge in [0.25, 0.3) is 15.9 Å². The van der Waals surface area contributed by atoms with Crippen LogP contribution in [0, 0.1) is 20.8 Å². The molecule has 0 fully saturated rings. The van der Waals surface area contributed by atoms with E-state index in [1.807, 2.05) is 37.6 Å². The van der Waals surface area contributed by atoms with Crippen LogP contribution in [0.25, 0.3) is 11.3 Å². The van der Waals surface area contributed by atoms with Gasteiger partial charge in [0.1, 0.15) is 17.1 Å². The molecule has 0 bridgehead atoms. The van der Waals surface area contributed by atoms with Gasteiger partial charge in [0.05, 0.1) is 12.3 Å². The van der Waals surface area contributed by atoms with Crippen LogP contribution in [0.5, 0.6) is 11.6 Å². The molecule has 4 N–H and O–H groups in total. The highest BCUT2D eigenvalue weighted by Gasteiger charge is 2.24. The smallest absolute Gasteiger partial charge is 0.281 e. The first-order valence-electron chi connectivity index (χ1n) is 11.3. The number of nitrogens with zero attached hydrogens (tertiary/aromatic N) is 2. The molecule has 4 rings (SSSR count). The van der Waals surface area contributed by atoms with Crippen molar-refractivity contribution in [2.75, 3.05) is 5.73 Å². The molecule has 1 amide bonds. The minimum atomic E-state index is -4.31. The molecule has 0 aliphatic carbocycles. The molecule has 2 heterocycles. The Kier molecular flexibility index (Phi) is 7.23. The van der Waals surface area contributed by atoms with Gasteiger partial charge in [-0.2, -0.15) is 8.42 Å². The quantitative estimate of drug-likeness (QED) is 0.332.